The minimum absolute atomic E-state index is 0.0587. The number of ether oxygens (including phenoxy) is 1. The lowest BCUT2D eigenvalue weighted by Gasteiger charge is -2.22. The van der Waals surface area contributed by atoms with Crippen molar-refractivity contribution in [3.05, 3.63) is 138 Å². The summed E-state index contributed by atoms with van der Waals surface area (Å²) in [5.74, 6) is -3.79. The normalized spacial score (nSPS) is 12.7. The van der Waals surface area contributed by atoms with Gasteiger partial charge in [-0.3, -0.25) is 4.79 Å². The van der Waals surface area contributed by atoms with Gasteiger partial charge in [0.25, 0.3) is 5.91 Å². The molecule has 0 spiro atoms. The molecule has 4 aromatic carbocycles. The Morgan fingerprint density at radius 2 is 1.22 bits per heavy atom. The zero-order chi connectivity index (χ0) is 29.2. The number of halogens is 2. The Kier molecular flexibility index (Phi) is 9.94. The van der Waals surface area contributed by atoms with Crippen LogP contribution in [0.25, 0.3) is 0 Å². The molecular formula is C31H28F2N2O5S. The highest BCUT2D eigenvalue weighted by atomic mass is 32.2. The van der Waals surface area contributed by atoms with Crippen molar-refractivity contribution in [2.75, 3.05) is 6.61 Å². The fourth-order valence-electron chi connectivity index (χ4n) is 4.21. The Balaban J connectivity index is 1.54. The monoisotopic (exact) mass is 578 g/mol. The van der Waals surface area contributed by atoms with E-state index in [-0.39, 0.29) is 12.8 Å². The largest absolute Gasteiger partial charge is 0.462 e. The molecule has 0 saturated carbocycles. The molecule has 0 fully saturated rings. The molecule has 4 aromatic rings. The average molecular weight is 579 g/mol. The molecule has 2 atom stereocenters. The van der Waals surface area contributed by atoms with Crippen LogP contribution in [0.3, 0.4) is 0 Å². The zero-order valence-corrected chi connectivity index (χ0v) is 22.7. The predicted octanol–water partition coefficient (Wildman–Crippen LogP) is 4.44. The number of hydrogen-bond donors (Lipinski definition) is 2. The summed E-state index contributed by atoms with van der Waals surface area (Å²) in [6, 6.07) is 26.7. The molecule has 0 aliphatic heterocycles. The Hall–Kier alpha value is -4.41. The molecule has 41 heavy (non-hydrogen) atoms. The van der Waals surface area contributed by atoms with Gasteiger partial charge in [-0.25, -0.2) is 26.7 Å². The van der Waals surface area contributed by atoms with Crippen LogP contribution < -0.4 is 10.0 Å². The summed E-state index contributed by atoms with van der Waals surface area (Å²) in [7, 11) is -4.67. The first-order chi connectivity index (χ1) is 19.7. The summed E-state index contributed by atoms with van der Waals surface area (Å²) < 4.78 is 62.5. The highest BCUT2D eigenvalue weighted by Gasteiger charge is 2.29. The van der Waals surface area contributed by atoms with E-state index in [4.69, 9.17) is 4.74 Å². The highest BCUT2D eigenvalue weighted by Crippen LogP contribution is 2.19. The van der Waals surface area contributed by atoms with Gasteiger partial charge in [0.15, 0.2) is 4.90 Å². The fourth-order valence-corrected chi connectivity index (χ4v) is 5.57. The summed E-state index contributed by atoms with van der Waals surface area (Å²) >= 11 is 0. The number of esters is 1. The van der Waals surface area contributed by atoms with Crippen molar-refractivity contribution >= 4 is 21.9 Å². The Morgan fingerprint density at radius 3 is 1.78 bits per heavy atom. The van der Waals surface area contributed by atoms with Gasteiger partial charge in [0.05, 0.1) is 6.04 Å². The second kappa shape index (κ2) is 13.8. The van der Waals surface area contributed by atoms with Crippen LogP contribution in [0.15, 0.2) is 114 Å². The number of benzene rings is 4. The van der Waals surface area contributed by atoms with Gasteiger partial charge < -0.3 is 10.1 Å². The van der Waals surface area contributed by atoms with Crippen LogP contribution >= 0.6 is 0 Å². The second-order valence-corrected chi connectivity index (χ2v) is 10.9. The summed E-state index contributed by atoms with van der Waals surface area (Å²) in [5, 5.41) is 2.69. The number of amides is 1. The van der Waals surface area contributed by atoms with Crippen molar-refractivity contribution in [3.8, 4) is 0 Å². The summed E-state index contributed by atoms with van der Waals surface area (Å²) in [4.78, 5) is 25.0. The first kappa shape index (κ1) is 29.6. The summed E-state index contributed by atoms with van der Waals surface area (Å²) in [6.07, 6.45) is 0.177. The maximum atomic E-state index is 14.3. The molecule has 0 radical (unpaired) electrons. The number of rotatable bonds is 12. The molecule has 1 amide bonds. The predicted molar refractivity (Wildman–Crippen MR) is 149 cm³/mol. The molecule has 10 heteroatoms. The number of sulfonamides is 1. The molecule has 0 heterocycles. The van der Waals surface area contributed by atoms with Gasteiger partial charge in [-0.2, -0.15) is 0 Å². The van der Waals surface area contributed by atoms with Gasteiger partial charge in [-0.1, -0.05) is 84.9 Å². The summed E-state index contributed by atoms with van der Waals surface area (Å²) in [6.45, 7) is -0.463. The Bertz CT molecular complexity index is 1550. The first-order valence-electron chi connectivity index (χ1n) is 12.8. The minimum atomic E-state index is -4.67. The lowest BCUT2D eigenvalue weighted by atomic mass is 10.1. The topological polar surface area (TPSA) is 102 Å². The number of carbonyl (C=O) groups is 2. The third kappa shape index (κ3) is 8.29. The molecule has 0 bridgehead atoms. The van der Waals surface area contributed by atoms with Crippen molar-refractivity contribution in [3.63, 3.8) is 0 Å². The number of nitrogens with one attached hydrogen (secondary N) is 2. The molecule has 2 N–H and O–H groups in total. The van der Waals surface area contributed by atoms with E-state index in [9.17, 15) is 26.8 Å². The van der Waals surface area contributed by atoms with Gasteiger partial charge in [0.2, 0.25) is 10.0 Å². The SMILES string of the molecule is O=C(N[C@H](Cc1ccccc1)C(=O)OC[C@@H](Cc1ccccc1)NS(=O)(=O)c1c(F)cccc1F)c1ccccc1. The Labute approximate surface area is 237 Å². The summed E-state index contributed by atoms with van der Waals surface area (Å²) in [5.41, 5.74) is 1.81. The van der Waals surface area contributed by atoms with E-state index in [1.807, 2.05) is 6.07 Å². The average Bonchev–Trinajstić information content (AvgIpc) is 2.96. The van der Waals surface area contributed by atoms with Crippen molar-refractivity contribution in [2.24, 2.45) is 0 Å². The molecule has 7 nitrogen and oxygen atoms in total. The van der Waals surface area contributed by atoms with E-state index >= 15 is 0 Å². The van der Waals surface area contributed by atoms with Crippen molar-refractivity contribution in [2.45, 2.75) is 29.8 Å². The molecule has 0 aromatic heterocycles. The van der Waals surface area contributed by atoms with Gasteiger partial charge in [0.1, 0.15) is 24.3 Å². The van der Waals surface area contributed by atoms with Gasteiger partial charge in [0, 0.05) is 12.0 Å². The van der Waals surface area contributed by atoms with Crippen LogP contribution in [-0.4, -0.2) is 39.0 Å². The van der Waals surface area contributed by atoms with E-state index in [1.54, 1.807) is 84.9 Å². The van der Waals surface area contributed by atoms with Crippen molar-refractivity contribution < 1.29 is 31.5 Å². The fraction of sp³-hybridized carbons (Fsp3) is 0.161. The van der Waals surface area contributed by atoms with E-state index in [2.05, 4.69) is 10.0 Å². The van der Waals surface area contributed by atoms with Crippen molar-refractivity contribution in [1.82, 2.24) is 10.0 Å². The van der Waals surface area contributed by atoms with E-state index < -0.39 is 57.1 Å². The maximum absolute atomic E-state index is 14.3. The molecule has 212 valence electrons. The molecule has 0 aliphatic carbocycles. The van der Waals surface area contributed by atoms with Gasteiger partial charge >= 0.3 is 5.97 Å². The molecule has 0 unspecified atom stereocenters. The second-order valence-electron chi connectivity index (χ2n) is 9.27. The van der Waals surface area contributed by atoms with Crippen LogP contribution in [-0.2, 0) is 32.4 Å². The quantitative estimate of drug-likeness (QED) is 0.242. The van der Waals surface area contributed by atoms with Gasteiger partial charge in [-0.05, 0) is 41.8 Å². The number of carbonyl (C=O) groups excluding carboxylic acids is 2. The molecule has 0 aliphatic rings. The molecular weight excluding hydrogens is 550 g/mol. The molecule has 4 rings (SSSR count). The smallest absolute Gasteiger partial charge is 0.329 e. The Morgan fingerprint density at radius 1 is 0.707 bits per heavy atom. The number of hydrogen-bond acceptors (Lipinski definition) is 5. The lowest BCUT2D eigenvalue weighted by molar-refractivity contribution is -0.146. The third-order valence-corrected chi connectivity index (χ3v) is 7.74. The van der Waals surface area contributed by atoms with Crippen LogP contribution in [0.5, 0.6) is 0 Å². The minimum Gasteiger partial charge on any atom is -0.462 e. The third-order valence-electron chi connectivity index (χ3n) is 6.17. The zero-order valence-electron chi connectivity index (χ0n) is 21.9. The standard InChI is InChI=1S/C31H28F2N2O5S/c32-26-17-10-18-27(33)29(26)41(38,39)35-25(19-22-11-4-1-5-12-22)21-40-31(37)28(20-23-13-6-2-7-14-23)34-30(36)24-15-8-3-9-16-24/h1-18,25,28,35H,19-21H2,(H,34,36)/t25-,28-/m1/s1. The van der Waals surface area contributed by atoms with E-state index in [0.717, 1.165) is 23.8 Å². The van der Waals surface area contributed by atoms with Crippen LogP contribution in [0, 0.1) is 11.6 Å². The van der Waals surface area contributed by atoms with Crippen LogP contribution in [0.1, 0.15) is 21.5 Å². The van der Waals surface area contributed by atoms with Crippen molar-refractivity contribution in [1.29, 1.82) is 0 Å². The molecule has 0 saturated heterocycles. The van der Waals surface area contributed by atoms with E-state index in [0.29, 0.717) is 11.1 Å². The van der Waals surface area contributed by atoms with Crippen LogP contribution in [0.2, 0.25) is 0 Å². The lowest BCUT2D eigenvalue weighted by Crippen LogP contribution is -2.46. The van der Waals surface area contributed by atoms with E-state index in [1.165, 1.54) is 0 Å². The first-order valence-corrected chi connectivity index (χ1v) is 14.3. The maximum Gasteiger partial charge on any atom is 0.329 e. The highest BCUT2D eigenvalue weighted by molar-refractivity contribution is 7.89. The van der Waals surface area contributed by atoms with Crippen LogP contribution in [0.4, 0.5) is 8.78 Å². The van der Waals surface area contributed by atoms with Gasteiger partial charge in [-0.15, -0.1) is 0 Å².